The van der Waals surface area contributed by atoms with Gasteiger partial charge in [0.25, 0.3) is 0 Å². The zero-order valence-corrected chi connectivity index (χ0v) is 12.0. The summed E-state index contributed by atoms with van der Waals surface area (Å²) in [5.41, 5.74) is 0.997. The molecule has 2 aromatic rings. The van der Waals surface area contributed by atoms with E-state index >= 15 is 0 Å². The van der Waals surface area contributed by atoms with Crippen LogP contribution in [0.5, 0.6) is 0 Å². The molecule has 0 saturated carbocycles. The van der Waals surface area contributed by atoms with Crippen molar-refractivity contribution in [2.45, 2.75) is 6.54 Å². The van der Waals surface area contributed by atoms with Crippen LogP contribution in [0.2, 0.25) is 0 Å². The molecule has 0 N–H and O–H groups in total. The van der Waals surface area contributed by atoms with Gasteiger partial charge in [-0.2, -0.15) is 5.26 Å². The molecule has 0 unspecified atom stereocenters. The van der Waals surface area contributed by atoms with Crippen molar-refractivity contribution in [3.63, 3.8) is 0 Å². The third-order valence-electron chi connectivity index (χ3n) is 3.71. The summed E-state index contributed by atoms with van der Waals surface area (Å²) in [6, 6.07) is 3.77. The molecule has 0 atom stereocenters. The first-order chi connectivity index (χ1) is 10.8. The zero-order chi connectivity index (χ0) is 15.4. The summed E-state index contributed by atoms with van der Waals surface area (Å²) >= 11 is 0. The molecule has 0 radical (unpaired) electrons. The first kappa shape index (κ1) is 14.4. The summed E-state index contributed by atoms with van der Waals surface area (Å²) in [7, 11) is 0. The van der Waals surface area contributed by atoms with Crippen molar-refractivity contribution in [2.24, 2.45) is 0 Å². The number of aromatic nitrogens is 3. The molecule has 2 aromatic heterocycles. The van der Waals surface area contributed by atoms with Gasteiger partial charge in [-0.25, -0.2) is 14.4 Å². The second kappa shape index (κ2) is 6.45. The van der Waals surface area contributed by atoms with Crippen LogP contribution in [0.1, 0.15) is 11.3 Å². The highest BCUT2D eigenvalue weighted by Crippen LogP contribution is 2.17. The molecule has 0 aromatic carbocycles. The number of rotatable bonds is 3. The van der Waals surface area contributed by atoms with Crippen LogP contribution in [0.25, 0.3) is 0 Å². The van der Waals surface area contributed by atoms with Crippen LogP contribution < -0.4 is 4.90 Å². The van der Waals surface area contributed by atoms with E-state index in [4.69, 9.17) is 5.26 Å². The number of hydrogen-bond acceptors (Lipinski definition) is 6. The summed E-state index contributed by atoms with van der Waals surface area (Å²) < 4.78 is 13.6. The van der Waals surface area contributed by atoms with Crippen LogP contribution >= 0.6 is 0 Å². The summed E-state index contributed by atoms with van der Waals surface area (Å²) in [6.07, 6.45) is 5.96. The fraction of sp³-hybridized carbons (Fsp3) is 0.333. The van der Waals surface area contributed by atoms with Crippen molar-refractivity contribution in [3.05, 3.63) is 47.9 Å². The third kappa shape index (κ3) is 3.02. The van der Waals surface area contributed by atoms with Crippen LogP contribution in [-0.4, -0.2) is 46.0 Å². The Morgan fingerprint density at radius 2 is 1.91 bits per heavy atom. The summed E-state index contributed by atoms with van der Waals surface area (Å²) in [4.78, 5) is 16.3. The van der Waals surface area contributed by atoms with Gasteiger partial charge in [-0.05, 0) is 6.07 Å². The lowest BCUT2D eigenvalue weighted by molar-refractivity contribution is 0.246. The normalized spacial score (nSPS) is 15.5. The summed E-state index contributed by atoms with van der Waals surface area (Å²) in [6.45, 7) is 3.60. The third-order valence-corrected chi connectivity index (χ3v) is 3.71. The molecule has 1 aliphatic rings. The van der Waals surface area contributed by atoms with E-state index in [2.05, 4.69) is 25.9 Å². The molecule has 7 heteroatoms. The SMILES string of the molecule is N#Cc1nccnc1N1CCN(Cc2ccncc2F)CC1. The Labute approximate surface area is 127 Å². The molecule has 1 fully saturated rings. The molecule has 3 heterocycles. The summed E-state index contributed by atoms with van der Waals surface area (Å²) in [5, 5.41) is 9.09. The maximum absolute atomic E-state index is 13.6. The smallest absolute Gasteiger partial charge is 0.183 e. The minimum Gasteiger partial charge on any atom is -0.352 e. The molecule has 0 bridgehead atoms. The largest absolute Gasteiger partial charge is 0.352 e. The monoisotopic (exact) mass is 298 g/mol. The van der Waals surface area contributed by atoms with Gasteiger partial charge in [-0.1, -0.05) is 0 Å². The van der Waals surface area contributed by atoms with Gasteiger partial charge < -0.3 is 4.90 Å². The van der Waals surface area contributed by atoms with E-state index in [0.29, 0.717) is 23.6 Å². The number of piperazine rings is 1. The lowest BCUT2D eigenvalue weighted by Crippen LogP contribution is -2.46. The lowest BCUT2D eigenvalue weighted by atomic mass is 10.2. The molecule has 1 aliphatic heterocycles. The quantitative estimate of drug-likeness (QED) is 0.848. The molecule has 0 aliphatic carbocycles. The van der Waals surface area contributed by atoms with Crippen molar-refractivity contribution >= 4 is 5.82 Å². The zero-order valence-electron chi connectivity index (χ0n) is 12.0. The van der Waals surface area contributed by atoms with Crippen molar-refractivity contribution in [1.82, 2.24) is 19.9 Å². The number of nitrogens with zero attached hydrogens (tertiary/aromatic N) is 6. The van der Waals surface area contributed by atoms with E-state index in [9.17, 15) is 4.39 Å². The Morgan fingerprint density at radius 1 is 1.14 bits per heavy atom. The standard InChI is InChI=1S/C15H15FN6/c16-13-10-18-2-1-12(13)11-21-5-7-22(8-6-21)15-14(9-17)19-3-4-20-15/h1-4,10H,5-8,11H2. The minimum atomic E-state index is -0.273. The van der Waals surface area contributed by atoms with Crippen LogP contribution in [-0.2, 0) is 6.54 Å². The first-order valence-electron chi connectivity index (χ1n) is 7.04. The van der Waals surface area contributed by atoms with Gasteiger partial charge in [0.2, 0.25) is 0 Å². The van der Waals surface area contributed by atoms with Crippen molar-refractivity contribution in [2.75, 3.05) is 31.1 Å². The van der Waals surface area contributed by atoms with Gasteiger partial charge in [0.05, 0.1) is 6.20 Å². The number of nitriles is 1. The van der Waals surface area contributed by atoms with Crippen LogP contribution in [0.3, 0.4) is 0 Å². The number of pyridine rings is 1. The Kier molecular flexibility index (Phi) is 4.21. The molecule has 112 valence electrons. The maximum Gasteiger partial charge on any atom is 0.183 e. The highest BCUT2D eigenvalue weighted by molar-refractivity contribution is 5.49. The molecule has 0 spiro atoms. The molecular formula is C15H15FN6. The van der Waals surface area contributed by atoms with Crippen LogP contribution in [0, 0.1) is 17.1 Å². The fourth-order valence-electron chi connectivity index (χ4n) is 2.53. The molecule has 0 amide bonds. The van der Waals surface area contributed by atoms with E-state index in [1.54, 1.807) is 18.5 Å². The van der Waals surface area contributed by atoms with Crippen molar-refractivity contribution in [1.29, 1.82) is 5.26 Å². The Balaban J connectivity index is 1.63. The van der Waals surface area contributed by atoms with Gasteiger partial charge in [0, 0.05) is 56.9 Å². The molecule has 22 heavy (non-hydrogen) atoms. The Bertz CT molecular complexity index is 690. The van der Waals surface area contributed by atoms with E-state index in [1.165, 1.54) is 12.4 Å². The number of halogens is 1. The predicted octanol–water partition coefficient (Wildman–Crippen LogP) is 1.20. The van der Waals surface area contributed by atoms with Gasteiger partial charge in [-0.15, -0.1) is 0 Å². The Hall–Kier alpha value is -2.59. The molecule has 6 nitrogen and oxygen atoms in total. The highest BCUT2D eigenvalue weighted by Gasteiger charge is 2.21. The first-order valence-corrected chi connectivity index (χ1v) is 7.04. The van der Waals surface area contributed by atoms with E-state index < -0.39 is 0 Å². The predicted molar refractivity (Wildman–Crippen MR) is 78.4 cm³/mol. The maximum atomic E-state index is 13.6. The average molecular weight is 298 g/mol. The fourth-order valence-corrected chi connectivity index (χ4v) is 2.53. The second-order valence-electron chi connectivity index (χ2n) is 5.07. The van der Waals surface area contributed by atoms with Crippen molar-refractivity contribution < 1.29 is 4.39 Å². The van der Waals surface area contributed by atoms with Crippen LogP contribution in [0.15, 0.2) is 30.9 Å². The number of anilines is 1. The minimum absolute atomic E-state index is 0.273. The van der Waals surface area contributed by atoms with Crippen molar-refractivity contribution in [3.8, 4) is 6.07 Å². The lowest BCUT2D eigenvalue weighted by Gasteiger charge is -2.35. The number of hydrogen-bond donors (Lipinski definition) is 0. The van der Waals surface area contributed by atoms with Gasteiger partial charge >= 0.3 is 0 Å². The van der Waals surface area contributed by atoms with Gasteiger partial charge in [-0.3, -0.25) is 9.88 Å². The topological polar surface area (TPSA) is 68.9 Å². The van der Waals surface area contributed by atoms with Crippen LogP contribution in [0.4, 0.5) is 10.2 Å². The van der Waals surface area contributed by atoms with E-state index in [-0.39, 0.29) is 5.82 Å². The highest BCUT2D eigenvalue weighted by atomic mass is 19.1. The van der Waals surface area contributed by atoms with Gasteiger partial charge in [0.15, 0.2) is 11.5 Å². The summed E-state index contributed by atoms with van der Waals surface area (Å²) in [5.74, 6) is 0.352. The second-order valence-corrected chi connectivity index (χ2v) is 5.07. The van der Waals surface area contributed by atoms with Gasteiger partial charge in [0.1, 0.15) is 11.9 Å². The van der Waals surface area contributed by atoms with E-state index in [1.807, 2.05) is 4.90 Å². The molecule has 1 saturated heterocycles. The molecule has 3 rings (SSSR count). The average Bonchev–Trinajstić information content (AvgIpc) is 2.58. The molecular weight excluding hydrogens is 283 g/mol. The Morgan fingerprint density at radius 3 is 2.64 bits per heavy atom. The van der Waals surface area contributed by atoms with E-state index in [0.717, 1.165) is 26.2 Å².